The first-order chi connectivity index (χ1) is 10.3. The molecule has 0 aromatic carbocycles. The number of nitrogens with zero attached hydrogens (tertiary/aromatic N) is 3. The predicted molar refractivity (Wildman–Crippen MR) is 84.1 cm³/mol. The average molecular weight is 311 g/mol. The minimum atomic E-state index is -0.0258. The van der Waals surface area contributed by atoms with Crippen molar-refractivity contribution in [3.8, 4) is 10.6 Å². The second-order valence-corrected chi connectivity index (χ2v) is 6.29. The molecule has 0 N–H and O–H groups in total. The Kier molecular flexibility index (Phi) is 2.90. The first kappa shape index (κ1) is 12.4. The summed E-state index contributed by atoms with van der Waals surface area (Å²) in [5.41, 5.74) is 1.86. The van der Waals surface area contributed by atoms with E-state index < -0.39 is 0 Å². The Labute approximate surface area is 128 Å². The summed E-state index contributed by atoms with van der Waals surface area (Å²) in [6.07, 6.45) is 3.49. The lowest BCUT2D eigenvalue weighted by Crippen LogP contribution is -2.00. The van der Waals surface area contributed by atoms with Crippen molar-refractivity contribution in [2.24, 2.45) is 0 Å². The lowest BCUT2D eigenvalue weighted by Gasteiger charge is -1.98. The third kappa shape index (κ3) is 2.00. The monoisotopic (exact) mass is 311 g/mol. The van der Waals surface area contributed by atoms with E-state index in [9.17, 15) is 4.79 Å². The largest absolute Gasteiger partial charge is 0.287 e. The molecule has 0 spiro atoms. The summed E-state index contributed by atoms with van der Waals surface area (Å²) in [7, 11) is 0. The lowest BCUT2D eigenvalue weighted by molar-refractivity contribution is 0.104. The Morgan fingerprint density at radius 1 is 1.10 bits per heavy atom. The van der Waals surface area contributed by atoms with Crippen molar-refractivity contribution >= 4 is 34.1 Å². The molecule has 4 rings (SSSR count). The highest BCUT2D eigenvalue weighted by Crippen LogP contribution is 2.31. The standard InChI is InChI=1S/C15H9N3OS2/c19-14(11-5-2-9-21-11)12-13(10-4-1-8-20-10)17-18-7-3-6-16-15(12)18/h1-9H. The van der Waals surface area contributed by atoms with Gasteiger partial charge in [0.05, 0.1) is 15.3 Å². The Morgan fingerprint density at radius 2 is 1.95 bits per heavy atom. The van der Waals surface area contributed by atoms with Crippen LogP contribution in [0.25, 0.3) is 16.2 Å². The fourth-order valence-corrected chi connectivity index (χ4v) is 3.60. The van der Waals surface area contributed by atoms with Crippen LogP contribution in [0.4, 0.5) is 0 Å². The maximum absolute atomic E-state index is 12.8. The molecular weight excluding hydrogens is 302 g/mol. The third-order valence-corrected chi connectivity index (χ3v) is 4.87. The number of ketones is 1. The van der Waals surface area contributed by atoms with Crippen molar-refractivity contribution in [3.63, 3.8) is 0 Å². The minimum Gasteiger partial charge on any atom is -0.287 e. The average Bonchev–Trinajstić information content (AvgIpc) is 3.25. The number of carbonyl (C=O) groups is 1. The molecule has 102 valence electrons. The van der Waals surface area contributed by atoms with Crippen molar-refractivity contribution < 1.29 is 4.79 Å². The third-order valence-electron chi connectivity index (χ3n) is 3.12. The predicted octanol–water partition coefficient (Wildman–Crippen LogP) is 3.75. The highest BCUT2D eigenvalue weighted by Gasteiger charge is 2.24. The molecule has 0 aliphatic carbocycles. The van der Waals surface area contributed by atoms with E-state index in [4.69, 9.17) is 0 Å². The van der Waals surface area contributed by atoms with Gasteiger partial charge in [0.1, 0.15) is 5.69 Å². The molecule has 4 heterocycles. The van der Waals surface area contributed by atoms with Gasteiger partial charge in [-0.2, -0.15) is 5.10 Å². The number of hydrogen-bond acceptors (Lipinski definition) is 5. The molecule has 0 unspecified atom stereocenters. The topological polar surface area (TPSA) is 47.3 Å². The molecule has 0 aliphatic heterocycles. The van der Waals surface area contributed by atoms with Crippen molar-refractivity contribution in [2.45, 2.75) is 0 Å². The number of thiophene rings is 2. The second kappa shape index (κ2) is 4.91. The summed E-state index contributed by atoms with van der Waals surface area (Å²) in [6.45, 7) is 0. The SMILES string of the molecule is O=C(c1cccs1)c1c(-c2cccs2)nn2cccnc12. The van der Waals surface area contributed by atoms with Gasteiger partial charge in [0, 0.05) is 12.4 Å². The smallest absolute Gasteiger partial charge is 0.209 e. The van der Waals surface area contributed by atoms with E-state index in [0.29, 0.717) is 21.8 Å². The number of rotatable bonds is 3. The van der Waals surface area contributed by atoms with Gasteiger partial charge in [-0.1, -0.05) is 12.1 Å². The van der Waals surface area contributed by atoms with Gasteiger partial charge in [0.2, 0.25) is 5.78 Å². The molecule has 21 heavy (non-hydrogen) atoms. The van der Waals surface area contributed by atoms with Gasteiger partial charge in [-0.3, -0.25) is 4.79 Å². The Bertz CT molecular complexity index is 908. The van der Waals surface area contributed by atoms with Gasteiger partial charge >= 0.3 is 0 Å². The molecule has 0 aliphatic rings. The molecule has 0 fully saturated rings. The van der Waals surface area contributed by atoms with Gasteiger partial charge in [0.15, 0.2) is 5.65 Å². The van der Waals surface area contributed by atoms with Gasteiger partial charge < -0.3 is 0 Å². The summed E-state index contributed by atoms with van der Waals surface area (Å²) in [5.74, 6) is -0.0258. The zero-order valence-electron chi connectivity index (χ0n) is 10.8. The van der Waals surface area contributed by atoms with Gasteiger partial charge in [-0.25, -0.2) is 9.50 Å². The molecule has 4 aromatic rings. The lowest BCUT2D eigenvalue weighted by atomic mass is 10.1. The molecule has 0 atom stereocenters. The maximum atomic E-state index is 12.8. The molecule has 0 amide bonds. The van der Waals surface area contributed by atoms with E-state index >= 15 is 0 Å². The molecule has 0 radical (unpaired) electrons. The molecule has 0 bridgehead atoms. The quantitative estimate of drug-likeness (QED) is 0.541. The fraction of sp³-hybridized carbons (Fsp3) is 0. The summed E-state index contributed by atoms with van der Waals surface area (Å²) < 4.78 is 1.66. The summed E-state index contributed by atoms with van der Waals surface area (Å²) in [6, 6.07) is 9.44. The number of carbonyl (C=O) groups excluding carboxylic acids is 1. The second-order valence-electron chi connectivity index (χ2n) is 4.40. The van der Waals surface area contributed by atoms with Crippen LogP contribution < -0.4 is 0 Å². The van der Waals surface area contributed by atoms with Crippen LogP contribution in [0.2, 0.25) is 0 Å². The Hall–Kier alpha value is -2.31. The van der Waals surface area contributed by atoms with Crippen LogP contribution in [-0.4, -0.2) is 20.4 Å². The van der Waals surface area contributed by atoms with Crippen molar-refractivity contribution in [2.75, 3.05) is 0 Å². The fourth-order valence-electron chi connectivity index (χ4n) is 2.21. The molecule has 6 heteroatoms. The summed E-state index contributed by atoms with van der Waals surface area (Å²) in [5, 5.41) is 8.41. The van der Waals surface area contributed by atoms with Crippen LogP contribution in [0.15, 0.2) is 53.5 Å². The first-order valence-corrected chi connectivity index (χ1v) is 8.06. The van der Waals surface area contributed by atoms with Crippen molar-refractivity contribution in [3.05, 3.63) is 63.9 Å². The Morgan fingerprint density at radius 3 is 2.71 bits per heavy atom. The van der Waals surface area contributed by atoms with E-state index in [1.165, 1.54) is 11.3 Å². The van der Waals surface area contributed by atoms with Gasteiger partial charge in [0.25, 0.3) is 0 Å². The van der Waals surface area contributed by atoms with E-state index in [1.54, 1.807) is 28.1 Å². The Balaban J connectivity index is 2.01. The van der Waals surface area contributed by atoms with E-state index in [1.807, 2.05) is 41.2 Å². The van der Waals surface area contributed by atoms with Crippen molar-refractivity contribution in [1.82, 2.24) is 14.6 Å². The molecule has 0 saturated carbocycles. The molecule has 0 saturated heterocycles. The summed E-state index contributed by atoms with van der Waals surface area (Å²) >= 11 is 3.00. The highest BCUT2D eigenvalue weighted by molar-refractivity contribution is 7.13. The number of fused-ring (bicyclic) bond motifs is 1. The van der Waals surface area contributed by atoms with Crippen LogP contribution in [0.1, 0.15) is 15.2 Å². The molecule has 4 nitrogen and oxygen atoms in total. The number of hydrogen-bond donors (Lipinski definition) is 0. The molecule has 4 aromatic heterocycles. The highest BCUT2D eigenvalue weighted by atomic mass is 32.1. The molecular formula is C15H9N3OS2. The van der Waals surface area contributed by atoms with E-state index in [2.05, 4.69) is 10.1 Å². The maximum Gasteiger partial charge on any atom is 0.209 e. The van der Waals surface area contributed by atoms with Crippen molar-refractivity contribution in [1.29, 1.82) is 0 Å². The normalized spacial score (nSPS) is 11.0. The van der Waals surface area contributed by atoms with E-state index in [-0.39, 0.29) is 5.78 Å². The van der Waals surface area contributed by atoms with Crippen LogP contribution in [0.3, 0.4) is 0 Å². The van der Waals surface area contributed by atoms with Crippen LogP contribution in [-0.2, 0) is 0 Å². The van der Waals surface area contributed by atoms with Gasteiger partial charge in [-0.15, -0.1) is 22.7 Å². The zero-order chi connectivity index (χ0) is 14.2. The van der Waals surface area contributed by atoms with Crippen LogP contribution >= 0.6 is 22.7 Å². The van der Waals surface area contributed by atoms with E-state index in [0.717, 1.165) is 4.88 Å². The minimum absolute atomic E-state index is 0.0258. The summed E-state index contributed by atoms with van der Waals surface area (Å²) in [4.78, 5) is 18.8. The first-order valence-electron chi connectivity index (χ1n) is 6.30. The van der Waals surface area contributed by atoms with Gasteiger partial charge in [-0.05, 0) is 29.0 Å². The number of aromatic nitrogens is 3. The van der Waals surface area contributed by atoms with Crippen LogP contribution in [0.5, 0.6) is 0 Å². The zero-order valence-corrected chi connectivity index (χ0v) is 12.4. The van der Waals surface area contributed by atoms with Crippen LogP contribution in [0, 0.1) is 0 Å².